The lowest BCUT2D eigenvalue weighted by atomic mass is 10.3. The Morgan fingerprint density at radius 3 is 2.70 bits per heavy atom. The van der Waals surface area contributed by atoms with Gasteiger partial charge < -0.3 is 15.2 Å². The summed E-state index contributed by atoms with van der Waals surface area (Å²) in [6.45, 7) is 5.17. The van der Waals surface area contributed by atoms with Crippen molar-refractivity contribution in [3.8, 4) is 0 Å². The van der Waals surface area contributed by atoms with E-state index < -0.39 is 0 Å². The van der Waals surface area contributed by atoms with E-state index in [0.29, 0.717) is 6.54 Å². The van der Waals surface area contributed by atoms with Crippen LogP contribution in [0, 0.1) is 0 Å². The summed E-state index contributed by atoms with van der Waals surface area (Å²) in [4.78, 5) is 10.4. The second-order valence-electron chi connectivity index (χ2n) is 6.61. The van der Waals surface area contributed by atoms with E-state index in [1.165, 1.54) is 4.90 Å². The molecule has 0 radical (unpaired) electrons. The summed E-state index contributed by atoms with van der Waals surface area (Å²) in [6, 6.07) is 16.4. The molecule has 1 aromatic carbocycles. The number of nitrogens with one attached hydrogen (secondary N) is 2. The van der Waals surface area contributed by atoms with Gasteiger partial charge in [0.25, 0.3) is 0 Å². The molecule has 0 bridgehead atoms. The number of pyridine rings is 1. The Morgan fingerprint density at radius 2 is 1.90 bits per heavy atom. The number of hydrogen-bond acceptors (Lipinski definition) is 5. The van der Waals surface area contributed by atoms with Crippen molar-refractivity contribution >= 4 is 17.7 Å². The van der Waals surface area contributed by atoms with Crippen LogP contribution in [0.15, 0.2) is 70.9 Å². The van der Waals surface area contributed by atoms with Crippen LogP contribution in [0.3, 0.4) is 0 Å². The second kappa shape index (κ2) is 12.6. The molecule has 0 saturated carbocycles. The summed E-state index contributed by atoms with van der Waals surface area (Å²) in [5.74, 6) is 2.79. The zero-order valence-electron chi connectivity index (χ0n) is 17.4. The molecule has 158 valence electrons. The Kier molecular flexibility index (Phi) is 9.20. The van der Waals surface area contributed by atoms with Gasteiger partial charge in [-0.25, -0.2) is 0 Å². The highest BCUT2D eigenvalue weighted by Gasteiger charge is 2.03. The zero-order valence-corrected chi connectivity index (χ0v) is 18.2. The van der Waals surface area contributed by atoms with E-state index in [2.05, 4.69) is 61.6 Å². The first-order valence-electron chi connectivity index (χ1n) is 10.3. The topological polar surface area (TPSA) is 80.0 Å². The van der Waals surface area contributed by atoms with Crippen LogP contribution < -0.4 is 10.6 Å². The van der Waals surface area contributed by atoms with Crippen molar-refractivity contribution < 1.29 is 0 Å². The van der Waals surface area contributed by atoms with Gasteiger partial charge in [-0.3, -0.25) is 9.98 Å². The molecular weight excluding hydrogens is 394 g/mol. The van der Waals surface area contributed by atoms with Gasteiger partial charge in [0.05, 0.1) is 0 Å². The third-order valence-corrected chi connectivity index (χ3v) is 5.44. The first kappa shape index (κ1) is 21.8. The van der Waals surface area contributed by atoms with Crippen LogP contribution in [-0.4, -0.2) is 51.1 Å². The summed E-state index contributed by atoms with van der Waals surface area (Å²) in [5.41, 5.74) is 1.05. The van der Waals surface area contributed by atoms with Gasteiger partial charge in [-0.15, -0.1) is 22.0 Å². The number of aliphatic imine (C=N–C) groups is 1. The predicted molar refractivity (Wildman–Crippen MR) is 123 cm³/mol. The zero-order chi connectivity index (χ0) is 20.9. The monoisotopic (exact) mass is 423 g/mol. The van der Waals surface area contributed by atoms with Gasteiger partial charge >= 0.3 is 0 Å². The molecule has 0 atom stereocenters. The lowest BCUT2D eigenvalue weighted by Crippen LogP contribution is -2.40. The van der Waals surface area contributed by atoms with E-state index in [-0.39, 0.29) is 0 Å². The second-order valence-corrected chi connectivity index (χ2v) is 7.78. The largest absolute Gasteiger partial charge is 0.356 e. The van der Waals surface area contributed by atoms with Crippen molar-refractivity contribution in [3.05, 3.63) is 72.6 Å². The first-order valence-corrected chi connectivity index (χ1v) is 11.3. The van der Waals surface area contributed by atoms with Crippen LogP contribution in [0.4, 0.5) is 0 Å². The average Bonchev–Trinajstić information content (AvgIpc) is 3.25. The summed E-state index contributed by atoms with van der Waals surface area (Å²) < 4.78 is 2.07. The third kappa shape index (κ3) is 7.51. The van der Waals surface area contributed by atoms with Crippen LogP contribution in [0.1, 0.15) is 18.4 Å². The fourth-order valence-electron chi connectivity index (χ4n) is 2.89. The number of benzene rings is 1. The Morgan fingerprint density at radius 1 is 1.07 bits per heavy atom. The van der Waals surface area contributed by atoms with Gasteiger partial charge in [-0.05, 0) is 24.3 Å². The fourth-order valence-corrected chi connectivity index (χ4v) is 3.68. The van der Waals surface area contributed by atoms with Crippen molar-refractivity contribution in [2.45, 2.75) is 31.2 Å². The molecule has 3 aromatic rings. The molecule has 0 amide bonds. The van der Waals surface area contributed by atoms with E-state index in [4.69, 9.17) is 4.99 Å². The minimum Gasteiger partial charge on any atom is -0.356 e. The van der Waals surface area contributed by atoms with Gasteiger partial charge in [-0.1, -0.05) is 31.2 Å². The van der Waals surface area contributed by atoms with E-state index >= 15 is 0 Å². The highest BCUT2D eigenvalue weighted by molar-refractivity contribution is 7.99. The van der Waals surface area contributed by atoms with Crippen LogP contribution in [0.5, 0.6) is 0 Å². The molecule has 2 aromatic heterocycles. The minimum absolute atomic E-state index is 0.686. The Bertz CT molecular complexity index is 881. The summed E-state index contributed by atoms with van der Waals surface area (Å²) in [6.07, 6.45) is 5.29. The normalized spacial score (nSPS) is 11.4. The van der Waals surface area contributed by atoms with E-state index in [1.54, 1.807) is 6.33 Å². The number of aromatic nitrogens is 4. The van der Waals surface area contributed by atoms with Gasteiger partial charge in [0.2, 0.25) is 0 Å². The molecule has 0 aliphatic rings. The molecule has 0 aliphatic heterocycles. The molecule has 0 fully saturated rings. The third-order valence-electron chi connectivity index (χ3n) is 4.43. The smallest absolute Gasteiger partial charge is 0.191 e. The van der Waals surface area contributed by atoms with Crippen molar-refractivity contribution in [2.75, 3.05) is 25.4 Å². The lowest BCUT2D eigenvalue weighted by molar-refractivity contribution is 0.633. The highest BCUT2D eigenvalue weighted by atomic mass is 32.2. The maximum atomic E-state index is 4.73. The Labute approximate surface area is 182 Å². The van der Waals surface area contributed by atoms with Gasteiger partial charge in [-0.2, -0.15) is 0 Å². The minimum atomic E-state index is 0.686. The van der Waals surface area contributed by atoms with Crippen molar-refractivity contribution in [1.29, 1.82) is 0 Å². The van der Waals surface area contributed by atoms with Crippen molar-refractivity contribution in [1.82, 2.24) is 30.4 Å². The Balaban J connectivity index is 1.48. The maximum Gasteiger partial charge on any atom is 0.191 e. The number of aryl methyl sites for hydroxylation is 1. The number of rotatable bonds is 11. The maximum absolute atomic E-state index is 4.73. The lowest BCUT2D eigenvalue weighted by Gasteiger charge is -2.13. The van der Waals surface area contributed by atoms with Crippen LogP contribution in [0.25, 0.3) is 0 Å². The molecular formula is C22H29N7S. The molecule has 7 nitrogen and oxygen atoms in total. The van der Waals surface area contributed by atoms with Crippen LogP contribution >= 0.6 is 11.8 Å². The molecule has 0 spiro atoms. The molecule has 30 heavy (non-hydrogen) atoms. The van der Waals surface area contributed by atoms with Crippen LogP contribution in [0.2, 0.25) is 0 Å². The SMILES string of the molecule is CCc1nncn1CCNC(=NCCc1ccccn1)NCCSc1ccccc1. The standard InChI is InChI=1S/C22H29N7S/c1-2-21-28-27-18-29(21)16-14-25-22(24-13-11-19-8-6-7-12-23-19)26-15-17-30-20-9-4-3-5-10-20/h3-10,12,18H,2,11,13-17H2,1H3,(H2,24,25,26). The average molecular weight is 424 g/mol. The summed E-state index contributed by atoms with van der Waals surface area (Å²) in [7, 11) is 0. The Hall–Kier alpha value is -2.87. The summed E-state index contributed by atoms with van der Waals surface area (Å²) in [5, 5.41) is 15.0. The van der Waals surface area contributed by atoms with E-state index in [1.807, 2.05) is 42.2 Å². The summed E-state index contributed by atoms with van der Waals surface area (Å²) >= 11 is 1.83. The van der Waals surface area contributed by atoms with Gasteiger partial charge in [0.15, 0.2) is 5.96 Å². The number of guanidine groups is 1. The number of hydrogen-bond donors (Lipinski definition) is 2. The first-order chi connectivity index (χ1) is 14.8. The number of thioether (sulfide) groups is 1. The fraction of sp³-hybridized carbons (Fsp3) is 0.364. The molecule has 8 heteroatoms. The van der Waals surface area contributed by atoms with E-state index in [0.717, 1.165) is 55.7 Å². The van der Waals surface area contributed by atoms with E-state index in [9.17, 15) is 0 Å². The molecule has 0 unspecified atom stereocenters. The number of nitrogens with zero attached hydrogens (tertiary/aromatic N) is 5. The van der Waals surface area contributed by atoms with Crippen molar-refractivity contribution in [2.24, 2.45) is 4.99 Å². The molecule has 0 saturated heterocycles. The van der Waals surface area contributed by atoms with Crippen molar-refractivity contribution in [3.63, 3.8) is 0 Å². The molecule has 2 N–H and O–H groups in total. The quantitative estimate of drug-likeness (QED) is 0.214. The highest BCUT2D eigenvalue weighted by Crippen LogP contribution is 2.15. The molecule has 2 heterocycles. The van der Waals surface area contributed by atoms with Gasteiger partial charge in [0, 0.05) is 61.6 Å². The molecule has 3 rings (SSSR count). The predicted octanol–water partition coefficient (Wildman–Crippen LogP) is 2.81. The van der Waals surface area contributed by atoms with Gasteiger partial charge in [0.1, 0.15) is 12.2 Å². The molecule has 0 aliphatic carbocycles. The van der Waals surface area contributed by atoms with Crippen LogP contribution in [-0.2, 0) is 19.4 Å².